The Hall–Kier alpha value is -2.38. The highest BCUT2D eigenvalue weighted by molar-refractivity contribution is 5.97. The Bertz CT molecular complexity index is 736. The number of nitrogens with zero attached hydrogens (tertiary/aromatic N) is 3. The van der Waals surface area contributed by atoms with Crippen LogP contribution in [0.4, 0.5) is 11.8 Å². The third kappa shape index (κ3) is 4.72. The highest BCUT2D eigenvalue weighted by Crippen LogP contribution is 2.41. The molecule has 0 atom stereocenters. The number of nitrogens with one attached hydrogen (secondary N) is 2. The molecule has 0 unspecified atom stereocenters. The summed E-state index contributed by atoms with van der Waals surface area (Å²) in [5.41, 5.74) is 5.67. The van der Waals surface area contributed by atoms with Gasteiger partial charge in [0.2, 0.25) is 11.9 Å². The van der Waals surface area contributed by atoms with Crippen LogP contribution in [-0.2, 0) is 4.79 Å². The van der Waals surface area contributed by atoms with E-state index in [1.54, 1.807) is 19.0 Å². The Balaban J connectivity index is 1.67. The topological polar surface area (TPSA) is 113 Å². The molecule has 0 radical (unpaired) electrons. The van der Waals surface area contributed by atoms with E-state index in [4.69, 9.17) is 5.73 Å². The van der Waals surface area contributed by atoms with Crippen molar-refractivity contribution in [2.45, 2.75) is 64.0 Å². The number of primary amides is 1. The van der Waals surface area contributed by atoms with Crippen molar-refractivity contribution in [2.75, 3.05) is 24.7 Å². The van der Waals surface area contributed by atoms with Gasteiger partial charge in [0.25, 0.3) is 5.91 Å². The molecular formula is C20H32N6O2. The quantitative estimate of drug-likeness (QED) is 0.660. The van der Waals surface area contributed by atoms with Gasteiger partial charge in [0, 0.05) is 37.8 Å². The van der Waals surface area contributed by atoms with Gasteiger partial charge in [0.1, 0.15) is 5.82 Å². The maximum absolute atomic E-state index is 12.1. The third-order valence-electron chi connectivity index (χ3n) is 5.94. The number of hydrogen-bond donors (Lipinski definition) is 3. The molecule has 154 valence electrons. The molecule has 1 aromatic heterocycles. The smallest absolute Gasteiger partial charge is 0.254 e. The predicted molar refractivity (Wildman–Crippen MR) is 109 cm³/mol. The standard InChI is InChI=1S/C20H32N6O2/c1-20(2,13-7-8-13)25-17-15(16(21)27)11-22-19(24-17)23-14-9-5-12(6-10-14)18(28)26(3)4/h11-14H,5-10H2,1-4H3,(H2,21,27)(H2,22,23,24,25). The maximum Gasteiger partial charge on any atom is 0.254 e. The van der Waals surface area contributed by atoms with Gasteiger partial charge in [-0.3, -0.25) is 9.59 Å². The second-order valence-electron chi connectivity index (χ2n) is 8.87. The van der Waals surface area contributed by atoms with E-state index in [9.17, 15) is 9.59 Å². The first-order chi connectivity index (χ1) is 13.2. The summed E-state index contributed by atoms with van der Waals surface area (Å²) in [7, 11) is 3.61. The second-order valence-corrected chi connectivity index (χ2v) is 8.87. The Kier molecular flexibility index (Phi) is 5.76. The molecule has 0 aliphatic heterocycles. The molecule has 2 fully saturated rings. The zero-order valence-electron chi connectivity index (χ0n) is 17.3. The average Bonchev–Trinajstić information content (AvgIpc) is 3.47. The molecule has 0 bridgehead atoms. The lowest BCUT2D eigenvalue weighted by atomic mass is 9.85. The van der Waals surface area contributed by atoms with E-state index in [0.29, 0.717) is 23.2 Å². The summed E-state index contributed by atoms with van der Waals surface area (Å²) in [4.78, 5) is 34.4. The van der Waals surface area contributed by atoms with Gasteiger partial charge in [-0.15, -0.1) is 0 Å². The monoisotopic (exact) mass is 388 g/mol. The number of anilines is 2. The number of carbonyl (C=O) groups excluding carboxylic acids is 2. The highest BCUT2D eigenvalue weighted by Gasteiger charge is 2.38. The van der Waals surface area contributed by atoms with Gasteiger partial charge >= 0.3 is 0 Å². The molecule has 1 heterocycles. The lowest BCUT2D eigenvalue weighted by Crippen LogP contribution is -2.36. The predicted octanol–water partition coefficient (Wildman–Crippen LogP) is 2.23. The van der Waals surface area contributed by atoms with Gasteiger partial charge < -0.3 is 21.3 Å². The van der Waals surface area contributed by atoms with Crippen LogP contribution < -0.4 is 16.4 Å². The van der Waals surface area contributed by atoms with E-state index in [1.165, 1.54) is 19.0 Å². The van der Waals surface area contributed by atoms with Crippen molar-refractivity contribution in [1.82, 2.24) is 14.9 Å². The average molecular weight is 389 g/mol. The van der Waals surface area contributed by atoms with Gasteiger partial charge in [-0.1, -0.05) is 0 Å². The van der Waals surface area contributed by atoms with Crippen molar-refractivity contribution in [3.63, 3.8) is 0 Å². The summed E-state index contributed by atoms with van der Waals surface area (Å²) in [6.45, 7) is 4.24. The van der Waals surface area contributed by atoms with E-state index in [2.05, 4.69) is 34.4 Å². The SMILES string of the molecule is CN(C)C(=O)C1CCC(Nc2ncc(C(N)=O)c(NC(C)(C)C3CC3)n2)CC1. The molecule has 2 saturated carbocycles. The van der Waals surface area contributed by atoms with E-state index in [1.807, 2.05) is 0 Å². The van der Waals surface area contributed by atoms with Crippen LogP contribution in [0.25, 0.3) is 0 Å². The van der Waals surface area contributed by atoms with E-state index < -0.39 is 5.91 Å². The van der Waals surface area contributed by atoms with Crippen molar-refractivity contribution in [3.8, 4) is 0 Å². The van der Waals surface area contributed by atoms with Crippen LogP contribution in [0.3, 0.4) is 0 Å². The van der Waals surface area contributed by atoms with E-state index in [-0.39, 0.29) is 23.4 Å². The zero-order valence-corrected chi connectivity index (χ0v) is 17.3. The molecule has 2 aliphatic carbocycles. The minimum atomic E-state index is -0.539. The van der Waals surface area contributed by atoms with Crippen molar-refractivity contribution >= 4 is 23.6 Å². The van der Waals surface area contributed by atoms with Crippen LogP contribution in [0.5, 0.6) is 0 Å². The van der Waals surface area contributed by atoms with Gasteiger partial charge in [0.15, 0.2) is 0 Å². The Morgan fingerprint density at radius 2 is 1.79 bits per heavy atom. The van der Waals surface area contributed by atoms with Gasteiger partial charge in [-0.05, 0) is 58.3 Å². The second kappa shape index (κ2) is 7.93. The lowest BCUT2D eigenvalue weighted by molar-refractivity contribution is -0.133. The van der Waals surface area contributed by atoms with Crippen LogP contribution in [0.2, 0.25) is 0 Å². The number of carbonyl (C=O) groups is 2. The van der Waals surface area contributed by atoms with Crippen LogP contribution in [0, 0.1) is 11.8 Å². The summed E-state index contributed by atoms with van der Waals surface area (Å²) in [5.74, 6) is 1.31. The minimum absolute atomic E-state index is 0.0998. The van der Waals surface area contributed by atoms with E-state index >= 15 is 0 Å². The lowest BCUT2D eigenvalue weighted by Gasteiger charge is -2.30. The maximum atomic E-state index is 12.1. The molecule has 8 heteroatoms. The Morgan fingerprint density at radius 3 is 2.32 bits per heavy atom. The van der Waals surface area contributed by atoms with Gasteiger partial charge in [-0.2, -0.15) is 4.98 Å². The Labute approximate surface area is 166 Å². The van der Waals surface area contributed by atoms with Gasteiger partial charge in [0.05, 0.1) is 5.56 Å². The largest absolute Gasteiger partial charge is 0.365 e. The van der Waals surface area contributed by atoms with Gasteiger partial charge in [-0.25, -0.2) is 4.98 Å². The van der Waals surface area contributed by atoms with Crippen molar-refractivity contribution in [1.29, 1.82) is 0 Å². The van der Waals surface area contributed by atoms with Crippen molar-refractivity contribution in [3.05, 3.63) is 11.8 Å². The zero-order chi connectivity index (χ0) is 20.5. The molecule has 8 nitrogen and oxygen atoms in total. The van der Waals surface area contributed by atoms with Crippen molar-refractivity contribution < 1.29 is 9.59 Å². The molecule has 1 aromatic rings. The van der Waals surface area contributed by atoms with Crippen molar-refractivity contribution in [2.24, 2.45) is 17.6 Å². The molecule has 2 aliphatic rings. The number of hydrogen-bond acceptors (Lipinski definition) is 6. The van der Waals surface area contributed by atoms with Crippen LogP contribution in [0.15, 0.2) is 6.20 Å². The first-order valence-electron chi connectivity index (χ1n) is 10.1. The molecular weight excluding hydrogens is 356 g/mol. The summed E-state index contributed by atoms with van der Waals surface area (Å²) in [6.07, 6.45) is 7.34. The molecule has 2 amide bonds. The molecule has 0 aromatic carbocycles. The summed E-state index contributed by atoms with van der Waals surface area (Å²) < 4.78 is 0. The highest BCUT2D eigenvalue weighted by atomic mass is 16.2. The first-order valence-corrected chi connectivity index (χ1v) is 10.1. The summed E-state index contributed by atoms with van der Waals surface area (Å²) >= 11 is 0. The molecule has 0 spiro atoms. The fourth-order valence-corrected chi connectivity index (χ4v) is 3.97. The number of rotatable bonds is 7. The number of nitrogens with two attached hydrogens (primary N) is 1. The van der Waals surface area contributed by atoms with Crippen LogP contribution in [-0.4, -0.2) is 52.4 Å². The fourth-order valence-electron chi connectivity index (χ4n) is 3.97. The summed E-state index contributed by atoms with van der Waals surface area (Å²) in [5, 5.41) is 6.77. The van der Waals surface area contributed by atoms with Crippen LogP contribution >= 0.6 is 0 Å². The number of amides is 2. The number of aromatic nitrogens is 2. The molecule has 4 N–H and O–H groups in total. The first kappa shape index (κ1) is 20.4. The molecule has 28 heavy (non-hydrogen) atoms. The Morgan fingerprint density at radius 1 is 1.14 bits per heavy atom. The fraction of sp³-hybridized carbons (Fsp3) is 0.700. The molecule has 3 rings (SSSR count). The third-order valence-corrected chi connectivity index (χ3v) is 5.94. The van der Waals surface area contributed by atoms with E-state index in [0.717, 1.165) is 25.7 Å². The molecule has 0 saturated heterocycles. The van der Waals surface area contributed by atoms with Crippen LogP contribution in [0.1, 0.15) is 62.7 Å². The minimum Gasteiger partial charge on any atom is -0.365 e. The summed E-state index contributed by atoms with van der Waals surface area (Å²) in [6, 6.07) is 0.218. The normalized spacial score (nSPS) is 22.4.